The van der Waals surface area contributed by atoms with Crippen molar-refractivity contribution in [2.75, 3.05) is 14.2 Å². The summed E-state index contributed by atoms with van der Waals surface area (Å²) in [5.41, 5.74) is 2.71. The van der Waals surface area contributed by atoms with Crippen LogP contribution in [0.3, 0.4) is 0 Å². The third-order valence-electron chi connectivity index (χ3n) is 7.39. The van der Waals surface area contributed by atoms with Gasteiger partial charge in [0, 0.05) is 29.7 Å². The fourth-order valence-electron chi connectivity index (χ4n) is 5.81. The summed E-state index contributed by atoms with van der Waals surface area (Å²) in [6.45, 7) is 1.62. The second-order valence-corrected chi connectivity index (χ2v) is 9.87. The number of phenols is 1. The van der Waals surface area contributed by atoms with Crippen molar-refractivity contribution in [2.24, 2.45) is 17.8 Å². The molecule has 1 heterocycles. The molecule has 1 fully saturated rings. The van der Waals surface area contributed by atoms with Crippen molar-refractivity contribution in [3.63, 3.8) is 0 Å². The molecular formula is C25H22BrNO6. The lowest BCUT2D eigenvalue weighted by molar-refractivity contribution is -0.138. The molecule has 0 spiro atoms. The number of benzene rings is 1. The van der Waals surface area contributed by atoms with Gasteiger partial charge in [0.1, 0.15) is 0 Å². The summed E-state index contributed by atoms with van der Waals surface area (Å²) in [4.78, 5) is 53.3. The molecule has 3 aliphatic carbocycles. The Kier molecular flexibility index (Phi) is 4.97. The molecule has 7 nitrogen and oxygen atoms in total. The lowest BCUT2D eigenvalue weighted by Gasteiger charge is -2.42. The number of allylic oxidation sites excluding steroid dienone is 6. The topological polar surface area (TPSA) is 101 Å². The predicted molar refractivity (Wildman–Crippen MR) is 121 cm³/mol. The number of ether oxygens (including phenoxy) is 1. The predicted octanol–water partition coefficient (Wildman–Crippen LogP) is 3.22. The van der Waals surface area contributed by atoms with Crippen LogP contribution in [0.5, 0.6) is 11.5 Å². The lowest BCUT2D eigenvalue weighted by Crippen LogP contribution is -2.39. The van der Waals surface area contributed by atoms with Gasteiger partial charge in [-0.25, -0.2) is 0 Å². The van der Waals surface area contributed by atoms with Crippen LogP contribution in [0.4, 0.5) is 0 Å². The molecule has 2 amide bonds. The first kappa shape index (κ1) is 21.8. The summed E-state index contributed by atoms with van der Waals surface area (Å²) in [6.07, 6.45) is 3.96. The maximum Gasteiger partial charge on any atom is 0.233 e. The number of aromatic hydroxyl groups is 1. The standard InChI is InChI=1S/C25H22BrNO6/c1-10-6-17(28)15-9-14-12(4-5-13-20(14)25(32)27(2)24(13)31)19(21(15)22(10)29)11-7-16(26)23(30)18(8-11)33-3/h4,6-8,13-14,19-20,30H,5,9H2,1-3H3. The first-order valence-corrected chi connectivity index (χ1v) is 11.5. The molecule has 0 radical (unpaired) electrons. The Hall–Kier alpha value is -3.00. The van der Waals surface area contributed by atoms with Crippen molar-refractivity contribution in [3.05, 3.63) is 56.6 Å². The Bertz CT molecular complexity index is 1260. The minimum absolute atomic E-state index is 0.0687. The van der Waals surface area contributed by atoms with E-state index in [4.69, 9.17) is 4.74 Å². The van der Waals surface area contributed by atoms with Crippen molar-refractivity contribution in [1.82, 2.24) is 4.90 Å². The minimum Gasteiger partial charge on any atom is -0.503 e. The zero-order chi connectivity index (χ0) is 23.8. The second kappa shape index (κ2) is 7.52. The highest BCUT2D eigenvalue weighted by Crippen LogP contribution is 2.55. The highest BCUT2D eigenvalue weighted by Gasteiger charge is 2.55. The van der Waals surface area contributed by atoms with Crippen molar-refractivity contribution >= 4 is 39.3 Å². The van der Waals surface area contributed by atoms with E-state index in [0.717, 1.165) is 5.57 Å². The van der Waals surface area contributed by atoms with E-state index >= 15 is 0 Å². The smallest absolute Gasteiger partial charge is 0.233 e. The number of hydrogen-bond donors (Lipinski definition) is 1. The van der Waals surface area contributed by atoms with Gasteiger partial charge in [-0.1, -0.05) is 11.6 Å². The molecule has 1 aromatic rings. The SMILES string of the molecule is COc1cc(C2C3=CCC4C(=O)N(C)C(=O)C4C3CC3=C2C(=O)C(C)=CC3=O)cc(Br)c1O. The molecular weight excluding hydrogens is 490 g/mol. The Morgan fingerprint density at radius 1 is 1.12 bits per heavy atom. The van der Waals surface area contributed by atoms with Crippen LogP contribution in [-0.4, -0.2) is 47.5 Å². The maximum absolute atomic E-state index is 13.3. The van der Waals surface area contributed by atoms with Crippen LogP contribution in [0.15, 0.2) is 51.0 Å². The normalized spacial score (nSPS) is 28.9. The van der Waals surface area contributed by atoms with Gasteiger partial charge in [-0.05, 0) is 65.4 Å². The lowest BCUT2D eigenvalue weighted by atomic mass is 9.59. The zero-order valence-corrected chi connectivity index (χ0v) is 19.9. The molecule has 1 N–H and O–H groups in total. The van der Waals surface area contributed by atoms with Crippen LogP contribution in [0, 0.1) is 17.8 Å². The fourth-order valence-corrected chi connectivity index (χ4v) is 6.27. The summed E-state index contributed by atoms with van der Waals surface area (Å²) in [6, 6.07) is 3.37. The number of fused-ring (bicyclic) bond motifs is 3. The van der Waals surface area contributed by atoms with E-state index in [-0.39, 0.29) is 47.2 Å². The number of ketones is 2. The van der Waals surface area contributed by atoms with Crippen molar-refractivity contribution < 1.29 is 29.0 Å². The summed E-state index contributed by atoms with van der Waals surface area (Å²) >= 11 is 3.36. The molecule has 1 aliphatic heterocycles. The van der Waals surface area contributed by atoms with Gasteiger partial charge in [-0.2, -0.15) is 0 Å². The first-order chi connectivity index (χ1) is 15.6. The number of rotatable bonds is 2. The van der Waals surface area contributed by atoms with E-state index in [2.05, 4.69) is 15.9 Å². The number of phenolic OH excluding ortho intramolecular Hbond substituents is 1. The van der Waals surface area contributed by atoms with E-state index in [1.807, 2.05) is 6.08 Å². The number of Topliss-reactive ketones (excluding diaryl/α,β-unsaturated/α-hetero) is 1. The number of likely N-dealkylation sites (tertiary alicyclic amines) is 1. The van der Waals surface area contributed by atoms with E-state index < -0.39 is 17.8 Å². The molecule has 1 aromatic carbocycles. The monoisotopic (exact) mass is 511 g/mol. The van der Waals surface area contributed by atoms with Gasteiger partial charge in [0.25, 0.3) is 0 Å². The number of carbonyl (C=O) groups excluding carboxylic acids is 4. The van der Waals surface area contributed by atoms with Crippen LogP contribution in [0.2, 0.25) is 0 Å². The van der Waals surface area contributed by atoms with Crippen LogP contribution in [-0.2, 0) is 19.2 Å². The van der Waals surface area contributed by atoms with Crippen LogP contribution in [0.1, 0.15) is 31.2 Å². The molecule has 0 bridgehead atoms. The molecule has 8 heteroatoms. The van der Waals surface area contributed by atoms with Gasteiger partial charge in [0.15, 0.2) is 23.1 Å². The Morgan fingerprint density at radius 3 is 2.55 bits per heavy atom. The molecule has 170 valence electrons. The molecule has 33 heavy (non-hydrogen) atoms. The van der Waals surface area contributed by atoms with E-state index in [9.17, 15) is 24.3 Å². The average Bonchev–Trinajstić information content (AvgIpc) is 3.02. The number of nitrogens with zero attached hydrogens (tertiary/aromatic N) is 1. The molecule has 0 saturated carbocycles. The average molecular weight is 512 g/mol. The summed E-state index contributed by atoms with van der Waals surface area (Å²) in [5.74, 6) is -2.68. The number of hydrogen-bond acceptors (Lipinski definition) is 6. The highest BCUT2D eigenvalue weighted by molar-refractivity contribution is 9.10. The van der Waals surface area contributed by atoms with Gasteiger partial charge in [-0.3, -0.25) is 24.1 Å². The Morgan fingerprint density at radius 2 is 1.85 bits per heavy atom. The molecule has 5 rings (SSSR count). The third kappa shape index (κ3) is 3.00. The summed E-state index contributed by atoms with van der Waals surface area (Å²) in [5, 5.41) is 10.3. The molecule has 0 aromatic heterocycles. The van der Waals surface area contributed by atoms with Gasteiger partial charge in [-0.15, -0.1) is 0 Å². The summed E-state index contributed by atoms with van der Waals surface area (Å²) in [7, 11) is 2.93. The highest BCUT2D eigenvalue weighted by atomic mass is 79.9. The maximum atomic E-state index is 13.3. The largest absolute Gasteiger partial charge is 0.503 e. The molecule has 4 aliphatic rings. The Labute approximate surface area is 198 Å². The van der Waals surface area contributed by atoms with E-state index in [0.29, 0.717) is 33.2 Å². The van der Waals surface area contributed by atoms with E-state index in [1.165, 1.54) is 25.1 Å². The second-order valence-electron chi connectivity index (χ2n) is 9.02. The summed E-state index contributed by atoms with van der Waals surface area (Å²) < 4.78 is 5.72. The molecule has 1 saturated heterocycles. The van der Waals surface area contributed by atoms with E-state index in [1.54, 1.807) is 19.1 Å². The van der Waals surface area contributed by atoms with Gasteiger partial charge in [0.2, 0.25) is 11.8 Å². The number of carbonyl (C=O) groups is 4. The number of methoxy groups -OCH3 is 1. The van der Waals surface area contributed by atoms with Crippen molar-refractivity contribution in [2.45, 2.75) is 25.7 Å². The first-order valence-electron chi connectivity index (χ1n) is 10.7. The van der Waals surface area contributed by atoms with Crippen molar-refractivity contribution in [1.29, 1.82) is 0 Å². The van der Waals surface area contributed by atoms with Crippen LogP contribution < -0.4 is 4.74 Å². The van der Waals surface area contributed by atoms with Crippen LogP contribution in [0.25, 0.3) is 0 Å². The van der Waals surface area contributed by atoms with Gasteiger partial charge in [0.05, 0.1) is 23.4 Å². The number of imide groups is 1. The number of halogens is 1. The zero-order valence-electron chi connectivity index (χ0n) is 18.3. The van der Waals surface area contributed by atoms with Crippen LogP contribution >= 0.6 is 15.9 Å². The number of amides is 2. The minimum atomic E-state index is -0.584. The fraction of sp³-hybridized carbons (Fsp3) is 0.360. The third-order valence-corrected chi connectivity index (χ3v) is 7.99. The van der Waals surface area contributed by atoms with Crippen molar-refractivity contribution in [3.8, 4) is 11.5 Å². The Balaban J connectivity index is 1.74. The molecule has 4 atom stereocenters. The van der Waals surface area contributed by atoms with Gasteiger partial charge >= 0.3 is 0 Å². The van der Waals surface area contributed by atoms with Gasteiger partial charge < -0.3 is 9.84 Å². The quantitative estimate of drug-likeness (QED) is 0.371. The molecule has 4 unspecified atom stereocenters.